The molecule has 0 amide bonds. The van der Waals surface area contributed by atoms with Crippen LogP contribution in [0.2, 0.25) is 0 Å². The van der Waals surface area contributed by atoms with Gasteiger partial charge in [-0.1, -0.05) is 6.07 Å². The van der Waals surface area contributed by atoms with Crippen molar-refractivity contribution in [3.63, 3.8) is 0 Å². The van der Waals surface area contributed by atoms with Crippen LogP contribution in [0.4, 0.5) is 5.69 Å². The molecule has 0 aliphatic rings. The van der Waals surface area contributed by atoms with Crippen LogP contribution >= 0.6 is 27.4 Å². The number of hydrogen-bond donors (Lipinski definition) is 4. The molecule has 2 rings (SSSR count). The number of rotatable bonds is 3. The monoisotopic (exact) mass is 368 g/mol. The predicted octanol–water partition coefficient (Wildman–Crippen LogP) is 0.799. The zero-order valence-electron chi connectivity index (χ0n) is 11.2. The molecule has 11 heteroatoms. The van der Waals surface area contributed by atoms with Crippen LogP contribution < -0.4 is 10.6 Å². The van der Waals surface area contributed by atoms with Crippen molar-refractivity contribution in [2.75, 3.05) is 0 Å². The molecule has 0 aliphatic heterocycles. The summed E-state index contributed by atoms with van der Waals surface area (Å²) in [4.78, 5) is 40.8. The average molecular weight is 368 g/mol. The molecule has 2 aromatic carbocycles. The average Bonchev–Trinajstić information content (AvgIpc) is 2.36. The molecule has 4 N–H and O–H groups in total. The second-order valence-electron chi connectivity index (χ2n) is 4.12. The summed E-state index contributed by atoms with van der Waals surface area (Å²) in [5.41, 5.74) is 0.300. The van der Waals surface area contributed by atoms with Gasteiger partial charge >= 0.3 is 15.2 Å². The van der Waals surface area contributed by atoms with E-state index in [9.17, 15) is 28.7 Å². The third-order valence-electron chi connectivity index (χ3n) is 2.77. The van der Waals surface area contributed by atoms with E-state index in [1.165, 1.54) is 18.2 Å². The fraction of sp³-hybridized carbons (Fsp3) is 0. The zero-order chi connectivity index (χ0) is 15.8. The van der Waals surface area contributed by atoms with Crippen LogP contribution in [-0.2, 0) is 9.13 Å². The third kappa shape index (κ3) is 4.20. The van der Waals surface area contributed by atoms with Gasteiger partial charge in [0.05, 0.1) is 21.5 Å². The normalized spacial score (nSPS) is 11.6. The molecule has 0 bridgehead atoms. The van der Waals surface area contributed by atoms with Crippen molar-refractivity contribution in [3.8, 4) is 0 Å². The minimum absolute atomic E-state index is 0. The first kappa shape index (κ1) is 19.8. The van der Waals surface area contributed by atoms with Gasteiger partial charge in [-0.2, -0.15) is 4.99 Å². The van der Waals surface area contributed by atoms with Crippen molar-refractivity contribution < 1.29 is 28.7 Å². The summed E-state index contributed by atoms with van der Waals surface area (Å²) in [7, 11) is -9.16. The molecule has 0 spiro atoms. The van der Waals surface area contributed by atoms with Crippen LogP contribution in [0, 0.1) is 0 Å². The maximum Gasteiger partial charge on any atom is 0.356 e. The zero-order valence-corrected chi connectivity index (χ0v) is 15.8. The van der Waals surface area contributed by atoms with Gasteiger partial charge in [-0.3, -0.25) is 9.13 Å². The van der Waals surface area contributed by atoms with Gasteiger partial charge in [0.25, 0.3) is 0 Å². The van der Waals surface area contributed by atoms with Crippen LogP contribution in [0.25, 0.3) is 10.8 Å². The number of isothiocyanates is 1. The maximum absolute atomic E-state index is 11.5. The van der Waals surface area contributed by atoms with Gasteiger partial charge in [-0.05, 0) is 36.5 Å². The Bertz CT molecular complexity index is 870. The molecule has 22 heavy (non-hydrogen) atoms. The van der Waals surface area contributed by atoms with Crippen molar-refractivity contribution in [2.45, 2.75) is 0 Å². The quantitative estimate of drug-likeness (QED) is 0.273. The SMILES string of the molecule is O=P(O)(O)c1ccc2c(N=C=S)ccc(P(=O)(O)O)c2c1.[Na]. The van der Waals surface area contributed by atoms with Gasteiger partial charge in [0, 0.05) is 40.3 Å². The summed E-state index contributed by atoms with van der Waals surface area (Å²) in [6.07, 6.45) is 0. The van der Waals surface area contributed by atoms with Crippen LogP contribution in [0.3, 0.4) is 0 Å². The number of hydrogen-bond acceptors (Lipinski definition) is 4. The van der Waals surface area contributed by atoms with Crippen molar-refractivity contribution >= 4 is 89.2 Å². The molecule has 0 aliphatic carbocycles. The van der Waals surface area contributed by atoms with E-state index >= 15 is 0 Å². The Morgan fingerprint density at radius 3 is 2.09 bits per heavy atom. The van der Waals surface area contributed by atoms with Crippen molar-refractivity contribution in [2.24, 2.45) is 4.99 Å². The Morgan fingerprint density at radius 2 is 1.59 bits per heavy atom. The van der Waals surface area contributed by atoms with E-state index in [0.29, 0.717) is 11.1 Å². The van der Waals surface area contributed by atoms with E-state index in [2.05, 4.69) is 22.4 Å². The summed E-state index contributed by atoms with van der Waals surface area (Å²) >= 11 is 4.49. The smallest absolute Gasteiger partial charge is 0.321 e. The molecule has 0 saturated heterocycles. The summed E-state index contributed by atoms with van der Waals surface area (Å²) in [6.45, 7) is 0. The number of thiocarbonyl (C=S) groups is 1. The molecular weight excluding hydrogens is 359 g/mol. The molecule has 0 heterocycles. The van der Waals surface area contributed by atoms with E-state index in [-0.39, 0.29) is 45.6 Å². The van der Waals surface area contributed by atoms with Crippen molar-refractivity contribution in [1.82, 2.24) is 0 Å². The summed E-state index contributed by atoms with van der Waals surface area (Å²) in [5, 5.41) is 1.78. The molecular formula is C11H9NNaO6P2S. The number of nitrogens with zero attached hydrogens (tertiary/aromatic N) is 1. The third-order valence-corrected chi connectivity index (χ3v) is 4.83. The standard InChI is InChI=1S/C11H9NO6P2S.Na/c13-19(14,15)7-1-2-8-9(5-7)11(20(16,17)18)4-3-10(8)12-6-21;/h1-5H,(H2,13,14,15)(H2,16,17,18);. The number of benzene rings is 2. The first-order valence-corrected chi connectivity index (χ1v) is 9.05. The van der Waals surface area contributed by atoms with Gasteiger partial charge in [-0.15, -0.1) is 0 Å². The Balaban J connectivity index is 0.00000242. The number of fused-ring (bicyclic) bond motifs is 1. The maximum atomic E-state index is 11.5. The fourth-order valence-corrected chi connectivity index (χ4v) is 3.32. The van der Waals surface area contributed by atoms with Crippen LogP contribution in [0.15, 0.2) is 35.3 Å². The Morgan fingerprint density at radius 1 is 0.955 bits per heavy atom. The Hall–Kier alpha value is -0.200. The van der Waals surface area contributed by atoms with E-state index < -0.39 is 15.2 Å². The first-order valence-electron chi connectivity index (χ1n) is 5.41. The number of aliphatic imine (C=N–C) groups is 1. The predicted molar refractivity (Wildman–Crippen MR) is 87.7 cm³/mol. The van der Waals surface area contributed by atoms with Crippen LogP contribution in [0.5, 0.6) is 0 Å². The van der Waals surface area contributed by atoms with Gasteiger partial charge in [0.2, 0.25) is 0 Å². The Labute approximate surface area is 152 Å². The van der Waals surface area contributed by atoms with Gasteiger partial charge in [0.1, 0.15) is 0 Å². The largest absolute Gasteiger partial charge is 0.356 e. The van der Waals surface area contributed by atoms with Crippen LogP contribution in [-0.4, -0.2) is 54.3 Å². The minimum Gasteiger partial charge on any atom is -0.321 e. The summed E-state index contributed by atoms with van der Waals surface area (Å²) < 4.78 is 22.8. The van der Waals surface area contributed by atoms with Crippen LogP contribution in [0.1, 0.15) is 0 Å². The first-order chi connectivity index (χ1) is 9.64. The van der Waals surface area contributed by atoms with E-state index in [4.69, 9.17) is 0 Å². The minimum atomic E-state index is -4.62. The molecule has 7 nitrogen and oxygen atoms in total. The van der Waals surface area contributed by atoms with Gasteiger partial charge in [0.15, 0.2) is 0 Å². The molecule has 1 radical (unpaired) electrons. The fourth-order valence-electron chi connectivity index (χ4n) is 1.89. The molecule has 111 valence electrons. The molecule has 0 unspecified atom stereocenters. The molecule has 0 atom stereocenters. The van der Waals surface area contributed by atoms with E-state index in [1.54, 1.807) is 0 Å². The Kier molecular flexibility index (Phi) is 6.44. The molecule has 2 aromatic rings. The summed E-state index contributed by atoms with van der Waals surface area (Å²) in [5.74, 6) is 0. The van der Waals surface area contributed by atoms with Gasteiger partial charge in [-0.25, -0.2) is 0 Å². The van der Waals surface area contributed by atoms with Gasteiger partial charge < -0.3 is 19.6 Å². The molecule has 0 fully saturated rings. The topological polar surface area (TPSA) is 127 Å². The van der Waals surface area contributed by atoms with Crippen molar-refractivity contribution in [3.05, 3.63) is 30.3 Å². The summed E-state index contributed by atoms with van der Waals surface area (Å²) in [6, 6.07) is 6.06. The van der Waals surface area contributed by atoms with E-state index in [1.807, 2.05) is 0 Å². The van der Waals surface area contributed by atoms with Crippen molar-refractivity contribution in [1.29, 1.82) is 0 Å². The second-order valence-corrected chi connectivity index (χ2v) is 7.48. The molecule has 0 aromatic heterocycles. The molecule has 0 saturated carbocycles. The second kappa shape index (κ2) is 7.14. The van der Waals surface area contributed by atoms with E-state index in [0.717, 1.165) is 12.1 Å².